The van der Waals surface area contributed by atoms with E-state index in [-0.39, 0.29) is 34.5 Å². The Hall–Kier alpha value is -3.33. The molecule has 0 bridgehead atoms. The van der Waals surface area contributed by atoms with Crippen molar-refractivity contribution in [2.75, 3.05) is 0 Å². The molecular formula is C24H14ClF6NO2. The number of ether oxygens (including phenoxy) is 1. The first kappa shape index (κ1) is 23.8. The van der Waals surface area contributed by atoms with Gasteiger partial charge in [-0.25, -0.2) is 9.79 Å². The molecule has 0 spiro atoms. The van der Waals surface area contributed by atoms with Gasteiger partial charge in [-0.15, -0.1) is 0 Å². The monoisotopic (exact) mass is 497 g/mol. The zero-order chi connectivity index (χ0) is 24.8. The van der Waals surface area contributed by atoms with Gasteiger partial charge >= 0.3 is 18.3 Å². The molecule has 0 radical (unpaired) electrons. The highest BCUT2D eigenvalue weighted by atomic mass is 35.5. The molecule has 10 heteroatoms. The molecule has 0 atom stereocenters. The smallest absolute Gasteiger partial charge is 0.403 e. The third kappa shape index (κ3) is 4.79. The van der Waals surface area contributed by atoms with Gasteiger partial charge in [0.1, 0.15) is 0 Å². The maximum Gasteiger partial charge on any atom is 0.416 e. The summed E-state index contributed by atoms with van der Waals surface area (Å²) in [7, 11) is 0. The average molecular weight is 498 g/mol. The van der Waals surface area contributed by atoms with Crippen LogP contribution in [0.3, 0.4) is 0 Å². The minimum absolute atomic E-state index is 0.0473. The number of carbonyl (C=O) groups is 1. The Morgan fingerprint density at radius 2 is 1.53 bits per heavy atom. The normalized spacial score (nSPS) is 14.9. The molecule has 3 aromatic rings. The summed E-state index contributed by atoms with van der Waals surface area (Å²) >= 11 is 6.04. The molecule has 0 N–H and O–H groups in total. The van der Waals surface area contributed by atoms with E-state index in [1.165, 1.54) is 6.07 Å². The number of hydrogen-bond donors (Lipinski definition) is 0. The summed E-state index contributed by atoms with van der Waals surface area (Å²) in [6.45, 7) is 1.67. The van der Waals surface area contributed by atoms with Crippen LogP contribution >= 0.6 is 11.6 Å². The Morgan fingerprint density at radius 3 is 2.12 bits per heavy atom. The van der Waals surface area contributed by atoms with Crippen molar-refractivity contribution >= 4 is 29.2 Å². The van der Waals surface area contributed by atoms with E-state index in [0.29, 0.717) is 34.5 Å². The molecule has 0 aromatic heterocycles. The van der Waals surface area contributed by atoms with Gasteiger partial charge in [0.2, 0.25) is 5.90 Å². The van der Waals surface area contributed by atoms with Crippen LogP contribution in [0.15, 0.2) is 59.6 Å². The predicted octanol–water partition coefficient (Wildman–Crippen LogP) is 7.53. The summed E-state index contributed by atoms with van der Waals surface area (Å²) < 4.78 is 83.9. The maximum atomic E-state index is 13.1. The standard InChI is InChI=1S/C24H14ClF6NO2/c1-12-7-13(8-14-9-15(23(26,27)28)11-16(10-14)24(29,30)31)5-6-19(12)32-21-17-3-2-4-18(25)20(17)22(33)34-21/h2-7,9-11H,8H2,1H3/b32-21-. The quantitative estimate of drug-likeness (QED) is 0.277. The van der Waals surface area contributed by atoms with Crippen LogP contribution in [-0.2, 0) is 23.5 Å². The number of aliphatic imine (C=N–C) groups is 1. The highest BCUT2D eigenvalue weighted by molar-refractivity contribution is 6.36. The predicted molar refractivity (Wildman–Crippen MR) is 113 cm³/mol. The third-order valence-electron chi connectivity index (χ3n) is 5.18. The zero-order valence-electron chi connectivity index (χ0n) is 17.3. The first-order chi connectivity index (χ1) is 15.8. The molecule has 34 heavy (non-hydrogen) atoms. The number of benzene rings is 3. The van der Waals surface area contributed by atoms with Crippen LogP contribution in [0.4, 0.5) is 32.0 Å². The van der Waals surface area contributed by atoms with Crippen molar-refractivity contribution in [3.05, 3.63) is 98.6 Å². The first-order valence-electron chi connectivity index (χ1n) is 9.80. The Balaban J connectivity index is 1.65. The van der Waals surface area contributed by atoms with Crippen LogP contribution in [0, 0.1) is 6.92 Å². The third-order valence-corrected chi connectivity index (χ3v) is 5.49. The van der Waals surface area contributed by atoms with Gasteiger partial charge in [0.05, 0.1) is 33.0 Å². The Kier molecular flexibility index (Phi) is 5.93. The molecule has 3 aromatic carbocycles. The number of alkyl halides is 6. The molecule has 1 aliphatic heterocycles. The van der Waals surface area contributed by atoms with Gasteiger partial charge in [-0.2, -0.15) is 26.3 Å². The Labute approximate surface area is 194 Å². The summed E-state index contributed by atoms with van der Waals surface area (Å²) in [6.07, 6.45) is -9.98. The van der Waals surface area contributed by atoms with Gasteiger partial charge in [-0.1, -0.05) is 29.8 Å². The van der Waals surface area contributed by atoms with E-state index in [1.54, 1.807) is 37.3 Å². The van der Waals surface area contributed by atoms with Crippen LogP contribution in [0.2, 0.25) is 5.02 Å². The van der Waals surface area contributed by atoms with E-state index < -0.39 is 29.4 Å². The molecule has 1 aliphatic rings. The van der Waals surface area contributed by atoms with Crippen molar-refractivity contribution in [3.63, 3.8) is 0 Å². The zero-order valence-corrected chi connectivity index (χ0v) is 18.1. The lowest BCUT2D eigenvalue weighted by molar-refractivity contribution is -0.143. The maximum absolute atomic E-state index is 13.1. The molecule has 0 unspecified atom stereocenters. The molecule has 0 amide bonds. The molecule has 0 saturated heterocycles. The fourth-order valence-corrected chi connectivity index (χ4v) is 3.86. The number of rotatable bonds is 3. The van der Waals surface area contributed by atoms with E-state index in [0.717, 1.165) is 0 Å². The molecule has 0 aliphatic carbocycles. The summed E-state index contributed by atoms with van der Waals surface area (Å²) in [6, 6.07) is 11.0. The van der Waals surface area contributed by atoms with Crippen LogP contribution in [0.5, 0.6) is 0 Å². The lowest BCUT2D eigenvalue weighted by atomic mass is 9.98. The van der Waals surface area contributed by atoms with Gasteiger partial charge in [-0.05, 0) is 66.4 Å². The minimum Gasteiger partial charge on any atom is -0.403 e. The Morgan fingerprint density at radius 1 is 0.882 bits per heavy atom. The van der Waals surface area contributed by atoms with Crippen molar-refractivity contribution in [3.8, 4) is 0 Å². The van der Waals surface area contributed by atoms with Crippen LogP contribution in [-0.4, -0.2) is 11.9 Å². The number of aryl methyl sites for hydroxylation is 1. The van der Waals surface area contributed by atoms with Gasteiger partial charge in [0, 0.05) is 0 Å². The number of halogens is 7. The number of cyclic esters (lactones) is 1. The van der Waals surface area contributed by atoms with Crippen molar-refractivity contribution in [2.24, 2.45) is 4.99 Å². The number of nitrogens with zero attached hydrogens (tertiary/aromatic N) is 1. The van der Waals surface area contributed by atoms with Gasteiger partial charge in [-0.3, -0.25) is 0 Å². The van der Waals surface area contributed by atoms with E-state index in [1.807, 2.05) is 0 Å². The van der Waals surface area contributed by atoms with Gasteiger partial charge < -0.3 is 4.74 Å². The van der Waals surface area contributed by atoms with Crippen LogP contribution in [0.1, 0.15) is 43.7 Å². The highest BCUT2D eigenvalue weighted by Gasteiger charge is 2.37. The minimum atomic E-state index is -4.91. The number of esters is 1. The fourth-order valence-electron chi connectivity index (χ4n) is 3.61. The highest BCUT2D eigenvalue weighted by Crippen LogP contribution is 2.37. The molecule has 0 fully saturated rings. The molecule has 3 nitrogen and oxygen atoms in total. The average Bonchev–Trinajstić information content (AvgIpc) is 3.05. The largest absolute Gasteiger partial charge is 0.416 e. The molecule has 1 heterocycles. The Bertz CT molecular complexity index is 1300. The lowest BCUT2D eigenvalue weighted by Crippen LogP contribution is -2.12. The van der Waals surface area contributed by atoms with Crippen molar-refractivity contribution in [1.29, 1.82) is 0 Å². The molecule has 0 saturated carbocycles. The van der Waals surface area contributed by atoms with Gasteiger partial charge in [0.15, 0.2) is 0 Å². The van der Waals surface area contributed by atoms with E-state index >= 15 is 0 Å². The molecule has 176 valence electrons. The van der Waals surface area contributed by atoms with Gasteiger partial charge in [0.25, 0.3) is 0 Å². The molecule has 4 rings (SSSR count). The van der Waals surface area contributed by atoms with Crippen LogP contribution in [0.25, 0.3) is 0 Å². The second kappa shape index (κ2) is 8.47. The second-order valence-corrected chi connectivity index (χ2v) is 8.09. The second-order valence-electron chi connectivity index (χ2n) is 7.68. The number of hydrogen-bond acceptors (Lipinski definition) is 3. The SMILES string of the molecule is Cc1cc(Cc2cc(C(F)(F)F)cc(C(F)(F)F)c2)ccc1/N=C1\OC(=O)c2c(Cl)cccc21. The summed E-state index contributed by atoms with van der Waals surface area (Å²) in [5.41, 5.74) is -0.754. The van der Waals surface area contributed by atoms with E-state index in [4.69, 9.17) is 16.3 Å². The van der Waals surface area contributed by atoms with E-state index in [9.17, 15) is 31.1 Å². The van der Waals surface area contributed by atoms with Crippen LogP contribution < -0.4 is 0 Å². The van der Waals surface area contributed by atoms with Crippen molar-refractivity contribution in [2.45, 2.75) is 25.7 Å². The fraction of sp³-hybridized carbons (Fsp3) is 0.167. The van der Waals surface area contributed by atoms with Crippen molar-refractivity contribution in [1.82, 2.24) is 0 Å². The summed E-state index contributed by atoms with van der Waals surface area (Å²) in [4.78, 5) is 16.4. The summed E-state index contributed by atoms with van der Waals surface area (Å²) in [5.74, 6) is -0.593. The number of fused-ring (bicyclic) bond motifs is 1. The van der Waals surface area contributed by atoms with E-state index in [2.05, 4.69) is 4.99 Å². The topological polar surface area (TPSA) is 38.7 Å². The van der Waals surface area contributed by atoms with Crippen molar-refractivity contribution < 1.29 is 35.9 Å². The first-order valence-corrected chi connectivity index (χ1v) is 10.2. The molecular weight excluding hydrogens is 484 g/mol. The lowest BCUT2D eigenvalue weighted by Gasteiger charge is -2.14. The number of carbonyl (C=O) groups excluding carboxylic acids is 1. The summed E-state index contributed by atoms with van der Waals surface area (Å²) in [5, 5.41) is 0.221.